The predicted molar refractivity (Wildman–Crippen MR) is 99.8 cm³/mol. The molecule has 2 aliphatic rings. The SMILES string of the molecule is O=S(O)OC1(CCCCCC(O)CCCCCC2(OS(=O)O)CC2)CC1. The van der Waals surface area contributed by atoms with E-state index in [1.165, 1.54) is 0 Å². The van der Waals surface area contributed by atoms with Crippen LogP contribution in [0.2, 0.25) is 0 Å². The monoisotopic (exact) mass is 412 g/mol. The first kappa shape index (κ1) is 22.4. The molecule has 3 N–H and O–H groups in total. The molecule has 0 aromatic carbocycles. The first-order valence-electron chi connectivity index (χ1n) is 9.64. The zero-order valence-corrected chi connectivity index (χ0v) is 16.9. The van der Waals surface area contributed by atoms with Crippen LogP contribution < -0.4 is 0 Å². The number of hydrogen-bond acceptors (Lipinski definition) is 5. The number of rotatable bonds is 16. The molecule has 7 nitrogen and oxygen atoms in total. The van der Waals surface area contributed by atoms with Crippen LogP contribution in [0, 0.1) is 0 Å². The van der Waals surface area contributed by atoms with Gasteiger partial charge in [0.2, 0.25) is 0 Å². The van der Waals surface area contributed by atoms with Crippen molar-refractivity contribution in [3.63, 3.8) is 0 Å². The maximum absolute atomic E-state index is 10.7. The second-order valence-corrected chi connectivity index (χ2v) is 9.02. The van der Waals surface area contributed by atoms with Crippen molar-refractivity contribution in [3.8, 4) is 0 Å². The summed E-state index contributed by atoms with van der Waals surface area (Å²) in [5, 5.41) is 10.0. The average Bonchev–Trinajstić information content (AvgIpc) is 3.45. The highest BCUT2D eigenvalue weighted by Crippen LogP contribution is 2.45. The van der Waals surface area contributed by atoms with E-state index in [1.54, 1.807) is 0 Å². The topological polar surface area (TPSA) is 113 Å². The van der Waals surface area contributed by atoms with Crippen LogP contribution in [0.3, 0.4) is 0 Å². The summed E-state index contributed by atoms with van der Waals surface area (Å²) < 4.78 is 49.1. The standard InChI is InChI=1S/C17H32O7S2/c18-15(7-3-1-5-9-16(11-12-16)23-25(19)20)8-4-2-6-10-17(13-14-17)24-26(21)22/h15,18H,1-14H2,(H,19,20)(H,21,22). The summed E-state index contributed by atoms with van der Waals surface area (Å²) in [6.07, 6.45) is 12.2. The fourth-order valence-electron chi connectivity index (χ4n) is 3.48. The van der Waals surface area contributed by atoms with Gasteiger partial charge < -0.3 is 5.11 Å². The van der Waals surface area contributed by atoms with Gasteiger partial charge in [-0.05, 0) is 51.4 Å². The molecule has 0 spiro atoms. The Labute approximate surface area is 161 Å². The predicted octanol–water partition coefficient (Wildman–Crippen LogP) is 3.62. The van der Waals surface area contributed by atoms with Crippen LogP contribution in [-0.4, -0.2) is 39.9 Å². The number of unbranched alkanes of at least 4 members (excludes halogenated alkanes) is 4. The molecule has 2 saturated carbocycles. The van der Waals surface area contributed by atoms with Crippen molar-refractivity contribution < 1.29 is 31.0 Å². The molecule has 2 atom stereocenters. The lowest BCUT2D eigenvalue weighted by Crippen LogP contribution is -2.15. The Morgan fingerprint density at radius 1 is 0.731 bits per heavy atom. The quantitative estimate of drug-likeness (QED) is 0.262. The molecule has 2 rings (SSSR count). The highest BCUT2D eigenvalue weighted by atomic mass is 32.2. The molecule has 0 amide bonds. The summed E-state index contributed by atoms with van der Waals surface area (Å²) in [4.78, 5) is 0. The molecule has 0 aromatic rings. The molecule has 0 radical (unpaired) electrons. The van der Waals surface area contributed by atoms with Gasteiger partial charge in [0.05, 0.1) is 17.3 Å². The number of aliphatic hydroxyl groups is 1. The molecule has 0 bridgehead atoms. The van der Waals surface area contributed by atoms with Crippen LogP contribution in [0.5, 0.6) is 0 Å². The highest BCUT2D eigenvalue weighted by Gasteiger charge is 2.46. The summed E-state index contributed by atoms with van der Waals surface area (Å²) in [6, 6.07) is 0. The van der Waals surface area contributed by atoms with Crippen LogP contribution in [-0.2, 0) is 31.1 Å². The highest BCUT2D eigenvalue weighted by molar-refractivity contribution is 7.74. The number of hydrogen-bond donors (Lipinski definition) is 3. The smallest absolute Gasteiger partial charge is 0.302 e. The third-order valence-electron chi connectivity index (χ3n) is 5.45. The lowest BCUT2D eigenvalue weighted by molar-refractivity contribution is 0.142. The van der Waals surface area contributed by atoms with Crippen LogP contribution in [0.1, 0.15) is 89.9 Å². The zero-order chi connectivity index (χ0) is 19.0. The molecule has 26 heavy (non-hydrogen) atoms. The molecule has 0 saturated heterocycles. The third kappa shape index (κ3) is 8.86. The van der Waals surface area contributed by atoms with Gasteiger partial charge in [0, 0.05) is 0 Å². The third-order valence-corrected chi connectivity index (χ3v) is 6.44. The molecule has 0 aromatic heterocycles. The molecule has 2 fully saturated rings. The Kier molecular flexibility index (Phi) is 9.12. The zero-order valence-electron chi connectivity index (χ0n) is 15.3. The molecule has 2 unspecified atom stereocenters. The van der Waals surface area contributed by atoms with Crippen LogP contribution in [0.25, 0.3) is 0 Å². The minimum absolute atomic E-state index is 0.276. The summed E-state index contributed by atoms with van der Waals surface area (Å²) in [7, 11) is 0. The fourth-order valence-corrected chi connectivity index (χ4v) is 4.59. The van der Waals surface area contributed by atoms with E-state index in [9.17, 15) is 13.5 Å². The Balaban J connectivity index is 1.40. The first-order chi connectivity index (χ1) is 12.3. The van der Waals surface area contributed by atoms with Gasteiger partial charge in [0.25, 0.3) is 0 Å². The van der Waals surface area contributed by atoms with E-state index in [0.29, 0.717) is 0 Å². The van der Waals surface area contributed by atoms with Gasteiger partial charge >= 0.3 is 22.7 Å². The largest absolute Gasteiger partial charge is 0.393 e. The Hall–Kier alpha value is 0.1000. The Morgan fingerprint density at radius 3 is 1.42 bits per heavy atom. The van der Waals surface area contributed by atoms with E-state index in [1.807, 2.05) is 0 Å². The molecule has 0 heterocycles. The van der Waals surface area contributed by atoms with Crippen molar-refractivity contribution in [3.05, 3.63) is 0 Å². The molecule has 154 valence electrons. The number of aliphatic hydroxyl groups excluding tert-OH is 1. The van der Waals surface area contributed by atoms with Gasteiger partial charge in [0.1, 0.15) is 0 Å². The van der Waals surface area contributed by atoms with Crippen molar-refractivity contribution in [1.29, 1.82) is 0 Å². The van der Waals surface area contributed by atoms with Gasteiger partial charge in [-0.2, -0.15) is 8.42 Å². The molecule has 0 aliphatic heterocycles. The van der Waals surface area contributed by atoms with Gasteiger partial charge in [-0.3, -0.25) is 17.5 Å². The van der Waals surface area contributed by atoms with E-state index in [-0.39, 0.29) is 17.3 Å². The molecule has 9 heteroatoms. The molecular weight excluding hydrogens is 380 g/mol. The van der Waals surface area contributed by atoms with Crippen molar-refractivity contribution in [2.24, 2.45) is 0 Å². The van der Waals surface area contributed by atoms with Gasteiger partial charge in [-0.25, -0.2) is 0 Å². The van der Waals surface area contributed by atoms with Crippen molar-refractivity contribution in [1.82, 2.24) is 0 Å². The first-order valence-corrected chi connectivity index (χ1v) is 11.7. The van der Waals surface area contributed by atoms with Crippen LogP contribution in [0.15, 0.2) is 0 Å². The second-order valence-electron chi connectivity index (χ2n) is 7.82. The van der Waals surface area contributed by atoms with E-state index in [0.717, 1.165) is 89.9 Å². The van der Waals surface area contributed by atoms with E-state index in [4.69, 9.17) is 17.5 Å². The van der Waals surface area contributed by atoms with Crippen molar-refractivity contribution >= 4 is 22.7 Å². The average molecular weight is 413 g/mol. The van der Waals surface area contributed by atoms with Crippen molar-refractivity contribution in [2.45, 2.75) is 107 Å². The van der Waals surface area contributed by atoms with Crippen LogP contribution in [0.4, 0.5) is 0 Å². The van der Waals surface area contributed by atoms with Gasteiger partial charge in [0.15, 0.2) is 0 Å². The van der Waals surface area contributed by atoms with Crippen molar-refractivity contribution in [2.75, 3.05) is 0 Å². The normalized spacial score (nSPS) is 23.3. The van der Waals surface area contributed by atoms with Crippen LogP contribution >= 0.6 is 0 Å². The Morgan fingerprint density at radius 2 is 1.12 bits per heavy atom. The minimum Gasteiger partial charge on any atom is -0.393 e. The van der Waals surface area contributed by atoms with E-state index in [2.05, 4.69) is 0 Å². The lowest BCUT2D eigenvalue weighted by Gasteiger charge is -2.14. The summed E-state index contributed by atoms with van der Waals surface area (Å²) in [6.45, 7) is 0. The van der Waals surface area contributed by atoms with E-state index < -0.39 is 22.7 Å². The lowest BCUT2D eigenvalue weighted by atomic mass is 10.0. The van der Waals surface area contributed by atoms with Gasteiger partial charge in [-0.15, -0.1) is 0 Å². The maximum atomic E-state index is 10.7. The second kappa shape index (κ2) is 10.6. The summed E-state index contributed by atoms with van der Waals surface area (Å²) in [5.41, 5.74) is -0.715. The van der Waals surface area contributed by atoms with E-state index >= 15 is 0 Å². The Bertz CT molecular complexity index is 436. The summed E-state index contributed by atoms with van der Waals surface area (Å²) >= 11 is -4.35. The minimum atomic E-state index is -2.17. The summed E-state index contributed by atoms with van der Waals surface area (Å²) in [5.74, 6) is 0. The fraction of sp³-hybridized carbons (Fsp3) is 1.00. The molecular formula is C17H32O7S2. The molecule has 2 aliphatic carbocycles. The van der Waals surface area contributed by atoms with Gasteiger partial charge in [-0.1, -0.05) is 38.5 Å². The maximum Gasteiger partial charge on any atom is 0.302 e.